The number of aliphatic hydroxyl groups excluding tert-OH is 1. The monoisotopic (exact) mass is 402 g/mol. The quantitative estimate of drug-likeness (QED) is 0.717. The van der Waals surface area contributed by atoms with Gasteiger partial charge in [0, 0.05) is 37.7 Å². The van der Waals surface area contributed by atoms with Crippen LogP contribution >= 0.6 is 23.2 Å². The second kappa shape index (κ2) is 6.67. The van der Waals surface area contributed by atoms with E-state index in [0.29, 0.717) is 10.0 Å². The number of aromatic nitrogens is 2. The van der Waals surface area contributed by atoms with Crippen molar-refractivity contribution in [2.24, 2.45) is 0 Å². The van der Waals surface area contributed by atoms with Gasteiger partial charge >= 0.3 is 0 Å². The lowest BCUT2D eigenvalue weighted by molar-refractivity contribution is -0.00268. The molecule has 0 amide bonds. The number of fused-ring (bicyclic) bond motifs is 3. The standard InChI is InChI=1S/C20H20Cl2N4O/c21-14-5-6-18(16(22)9-14)25-7-2-8-26-19-13(10-24-11-15(27)12-24)3-1-4-17(19)23-20(25)26/h1,3-6,9,15,27H,2,7-8,10-12H2. The van der Waals surface area contributed by atoms with Gasteiger partial charge in [-0.1, -0.05) is 35.3 Å². The van der Waals surface area contributed by atoms with Crippen molar-refractivity contribution in [1.82, 2.24) is 14.5 Å². The van der Waals surface area contributed by atoms with Crippen LogP contribution < -0.4 is 4.90 Å². The zero-order valence-corrected chi connectivity index (χ0v) is 16.3. The second-order valence-corrected chi connectivity index (χ2v) is 8.14. The molecule has 0 atom stereocenters. The highest BCUT2D eigenvalue weighted by atomic mass is 35.5. The van der Waals surface area contributed by atoms with Gasteiger partial charge in [0.15, 0.2) is 0 Å². The summed E-state index contributed by atoms with van der Waals surface area (Å²) in [6, 6.07) is 11.9. The molecule has 140 valence electrons. The number of halogens is 2. The lowest BCUT2D eigenvalue weighted by Gasteiger charge is -2.36. The second-order valence-electron chi connectivity index (χ2n) is 7.30. The average molecular weight is 403 g/mol. The van der Waals surface area contributed by atoms with Crippen LogP contribution in [0.3, 0.4) is 0 Å². The summed E-state index contributed by atoms with van der Waals surface area (Å²) in [6.45, 7) is 4.13. The molecular formula is C20H20Cl2N4O. The van der Waals surface area contributed by atoms with Crippen molar-refractivity contribution in [1.29, 1.82) is 0 Å². The Balaban J connectivity index is 1.58. The maximum Gasteiger partial charge on any atom is 0.211 e. The van der Waals surface area contributed by atoms with Gasteiger partial charge in [0.25, 0.3) is 0 Å². The molecule has 0 saturated carbocycles. The van der Waals surface area contributed by atoms with E-state index in [2.05, 4.69) is 32.6 Å². The molecule has 2 aliphatic rings. The first-order valence-corrected chi connectivity index (χ1v) is 9.97. The van der Waals surface area contributed by atoms with Gasteiger partial charge in [-0.05, 0) is 36.2 Å². The largest absolute Gasteiger partial charge is 0.390 e. The Labute approximate surface area is 167 Å². The normalized spacial score (nSPS) is 18.0. The Kier molecular flexibility index (Phi) is 4.28. The van der Waals surface area contributed by atoms with Crippen molar-refractivity contribution in [2.45, 2.75) is 25.6 Å². The maximum atomic E-state index is 9.58. The first-order chi connectivity index (χ1) is 13.1. The van der Waals surface area contributed by atoms with Gasteiger partial charge < -0.3 is 14.6 Å². The van der Waals surface area contributed by atoms with Crippen LogP contribution in [0.15, 0.2) is 36.4 Å². The summed E-state index contributed by atoms with van der Waals surface area (Å²) in [5, 5.41) is 10.8. The number of likely N-dealkylation sites (tertiary alicyclic amines) is 1. The van der Waals surface area contributed by atoms with Crippen molar-refractivity contribution in [3.63, 3.8) is 0 Å². The molecule has 2 aromatic carbocycles. The number of hydrogen-bond acceptors (Lipinski definition) is 4. The van der Waals surface area contributed by atoms with E-state index in [1.807, 2.05) is 12.1 Å². The van der Waals surface area contributed by atoms with Gasteiger partial charge in [-0.15, -0.1) is 0 Å². The SMILES string of the molecule is OC1CN(Cc2cccc3nc4n(c23)CCCN4c2ccc(Cl)cc2Cl)C1. The molecule has 0 bridgehead atoms. The van der Waals surface area contributed by atoms with E-state index in [1.165, 1.54) is 11.1 Å². The van der Waals surface area contributed by atoms with Gasteiger partial charge in [0.1, 0.15) is 0 Å². The van der Waals surface area contributed by atoms with Crippen LogP contribution in [0.1, 0.15) is 12.0 Å². The number of rotatable bonds is 3. The number of imidazole rings is 1. The van der Waals surface area contributed by atoms with Crippen molar-refractivity contribution in [2.75, 3.05) is 24.5 Å². The molecule has 2 aliphatic heterocycles. The van der Waals surface area contributed by atoms with Crippen LogP contribution in [0, 0.1) is 0 Å². The molecule has 5 nitrogen and oxygen atoms in total. The molecule has 27 heavy (non-hydrogen) atoms. The highest BCUT2D eigenvalue weighted by molar-refractivity contribution is 6.36. The zero-order valence-electron chi connectivity index (χ0n) is 14.8. The average Bonchev–Trinajstić information content (AvgIpc) is 3.00. The molecule has 3 aromatic rings. The summed E-state index contributed by atoms with van der Waals surface area (Å²) >= 11 is 12.5. The fourth-order valence-corrected chi connectivity index (χ4v) is 4.63. The van der Waals surface area contributed by atoms with Crippen molar-refractivity contribution < 1.29 is 5.11 Å². The first kappa shape index (κ1) is 17.3. The Morgan fingerprint density at radius 1 is 1.11 bits per heavy atom. The number of aryl methyl sites for hydroxylation is 1. The van der Waals surface area contributed by atoms with Gasteiger partial charge in [-0.3, -0.25) is 4.90 Å². The summed E-state index contributed by atoms with van der Waals surface area (Å²) in [4.78, 5) is 9.37. The highest BCUT2D eigenvalue weighted by Gasteiger charge is 2.28. The molecule has 0 radical (unpaired) electrons. The van der Waals surface area contributed by atoms with Gasteiger partial charge in [-0.2, -0.15) is 0 Å². The van der Waals surface area contributed by atoms with E-state index in [1.54, 1.807) is 6.07 Å². The topological polar surface area (TPSA) is 44.5 Å². The smallest absolute Gasteiger partial charge is 0.211 e. The Morgan fingerprint density at radius 2 is 1.96 bits per heavy atom. The van der Waals surface area contributed by atoms with Crippen LogP contribution in [0.2, 0.25) is 10.0 Å². The molecule has 3 heterocycles. The molecule has 7 heteroatoms. The van der Waals surface area contributed by atoms with E-state index in [-0.39, 0.29) is 6.10 Å². The summed E-state index contributed by atoms with van der Waals surface area (Å²) < 4.78 is 2.30. The molecule has 1 N–H and O–H groups in total. The fourth-order valence-electron chi connectivity index (χ4n) is 4.12. The molecular weight excluding hydrogens is 383 g/mol. The molecule has 0 aliphatic carbocycles. The molecule has 1 fully saturated rings. The summed E-state index contributed by atoms with van der Waals surface area (Å²) in [5.74, 6) is 0.927. The third kappa shape index (κ3) is 2.99. The fraction of sp³-hybridized carbons (Fsp3) is 0.350. The number of anilines is 2. The number of para-hydroxylation sites is 1. The third-order valence-electron chi connectivity index (χ3n) is 5.37. The predicted octanol–water partition coefficient (Wildman–Crippen LogP) is 4.06. The number of nitrogens with zero attached hydrogens (tertiary/aromatic N) is 4. The molecule has 0 spiro atoms. The predicted molar refractivity (Wildman–Crippen MR) is 109 cm³/mol. The van der Waals surface area contributed by atoms with Crippen LogP contribution in [-0.2, 0) is 13.1 Å². The number of aliphatic hydroxyl groups is 1. The number of β-amino-alcohol motifs (C(OH)–C–C–N with tert-alkyl or cyclic N) is 1. The van der Waals surface area contributed by atoms with Gasteiger partial charge in [0.05, 0.1) is 27.8 Å². The minimum Gasteiger partial charge on any atom is -0.390 e. The summed E-state index contributed by atoms with van der Waals surface area (Å²) in [6.07, 6.45) is 0.833. The number of benzene rings is 2. The molecule has 1 aromatic heterocycles. The van der Waals surface area contributed by atoms with Crippen molar-refractivity contribution in [3.8, 4) is 0 Å². The van der Waals surface area contributed by atoms with Crippen molar-refractivity contribution >= 4 is 45.9 Å². The van der Waals surface area contributed by atoms with Gasteiger partial charge in [-0.25, -0.2) is 4.98 Å². The van der Waals surface area contributed by atoms with E-state index >= 15 is 0 Å². The summed E-state index contributed by atoms with van der Waals surface area (Å²) in [5.41, 5.74) is 4.37. The highest BCUT2D eigenvalue weighted by Crippen LogP contribution is 2.38. The van der Waals surface area contributed by atoms with E-state index in [4.69, 9.17) is 28.2 Å². The molecule has 5 rings (SSSR count). The van der Waals surface area contributed by atoms with Crippen LogP contribution in [-0.4, -0.2) is 45.3 Å². The van der Waals surface area contributed by atoms with E-state index < -0.39 is 0 Å². The summed E-state index contributed by atoms with van der Waals surface area (Å²) in [7, 11) is 0. The van der Waals surface area contributed by atoms with Crippen molar-refractivity contribution in [3.05, 3.63) is 52.0 Å². The van der Waals surface area contributed by atoms with E-state index in [9.17, 15) is 5.11 Å². The maximum absolute atomic E-state index is 9.58. The van der Waals surface area contributed by atoms with Crippen LogP contribution in [0.25, 0.3) is 11.0 Å². The number of hydrogen-bond donors (Lipinski definition) is 1. The zero-order chi connectivity index (χ0) is 18.5. The van der Waals surface area contributed by atoms with Crippen LogP contribution in [0.4, 0.5) is 11.6 Å². The molecule has 1 saturated heterocycles. The minimum atomic E-state index is -0.189. The van der Waals surface area contributed by atoms with E-state index in [0.717, 1.165) is 56.3 Å². The Bertz CT molecular complexity index is 1010. The Hall–Kier alpha value is -1.79. The lowest BCUT2D eigenvalue weighted by Crippen LogP contribution is -2.49. The minimum absolute atomic E-state index is 0.189. The van der Waals surface area contributed by atoms with Gasteiger partial charge in [0.2, 0.25) is 5.95 Å². The Morgan fingerprint density at radius 3 is 2.74 bits per heavy atom. The van der Waals surface area contributed by atoms with Crippen LogP contribution in [0.5, 0.6) is 0 Å². The lowest BCUT2D eigenvalue weighted by atomic mass is 10.1. The third-order valence-corrected chi connectivity index (χ3v) is 5.91. The first-order valence-electron chi connectivity index (χ1n) is 9.21. The molecule has 0 unspecified atom stereocenters.